The van der Waals surface area contributed by atoms with Crippen molar-refractivity contribution in [2.75, 3.05) is 11.9 Å². The number of anilines is 1. The van der Waals surface area contributed by atoms with Crippen LogP contribution >= 0.6 is 0 Å². The molecule has 0 spiro atoms. The maximum Gasteiger partial charge on any atom is 0.338 e. The van der Waals surface area contributed by atoms with Crippen molar-refractivity contribution in [2.45, 2.75) is 26.9 Å². The van der Waals surface area contributed by atoms with Crippen molar-refractivity contribution in [3.8, 4) is 5.75 Å². The van der Waals surface area contributed by atoms with Gasteiger partial charge in [-0.1, -0.05) is 24.3 Å². The molecule has 0 saturated carbocycles. The Morgan fingerprint density at radius 2 is 1.83 bits per heavy atom. The van der Waals surface area contributed by atoms with Crippen LogP contribution in [0, 0.1) is 6.92 Å². The Hall–Kier alpha value is -2.82. The van der Waals surface area contributed by atoms with Crippen LogP contribution in [0.25, 0.3) is 0 Å². The van der Waals surface area contributed by atoms with E-state index in [1.165, 1.54) is 0 Å². The number of hydrogen-bond donors (Lipinski definition) is 1. The Morgan fingerprint density at radius 3 is 2.50 bits per heavy atom. The third-order valence-electron chi connectivity index (χ3n) is 3.43. The van der Waals surface area contributed by atoms with Crippen LogP contribution < -0.4 is 10.1 Å². The molecule has 5 heteroatoms. The van der Waals surface area contributed by atoms with Gasteiger partial charge in [0.05, 0.1) is 12.2 Å². The van der Waals surface area contributed by atoms with Crippen LogP contribution in [0.15, 0.2) is 48.5 Å². The van der Waals surface area contributed by atoms with E-state index >= 15 is 0 Å². The van der Waals surface area contributed by atoms with Crippen LogP contribution in [0.1, 0.15) is 29.8 Å². The third-order valence-corrected chi connectivity index (χ3v) is 3.43. The Balaban J connectivity index is 2.07. The first-order chi connectivity index (χ1) is 11.5. The molecule has 1 unspecified atom stereocenters. The Kier molecular flexibility index (Phi) is 5.95. The number of carbonyl (C=O) groups is 2. The van der Waals surface area contributed by atoms with Gasteiger partial charge in [0, 0.05) is 5.69 Å². The van der Waals surface area contributed by atoms with E-state index in [1.807, 2.05) is 25.1 Å². The zero-order valence-corrected chi connectivity index (χ0v) is 14.0. The second-order valence-electron chi connectivity index (χ2n) is 5.31. The topological polar surface area (TPSA) is 64.6 Å². The predicted molar refractivity (Wildman–Crippen MR) is 92.3 cm³/mol. The molecule has 0 aliphatic carbocycles. The van der Waals surface area contributed by atoms with Gasteiger partial charge in [0.15, 0.2) is 6.10 Å². The zero-order chi connectivity index (χ0) is 17.5. The number of rotatable bonds is 6. The van der Waals surface area contributed by atoms with Gasteiger partial charge < -0.3 is 14.8 Å². The SMILES string of the molecule is CCOC(=O)c1ccc(C)c(NC(=O)C(C)Oc2ccccc2)c1. The van der Waals surface area contributed by atoms with Crippen molar-refractivity contribution in [3.05, 3.63) is 59.7 Å². The van der Waals surface area contributed by atoms with Crippen LogP contribution in [-0.2, 0) is 9.53 Å². The number of benzene rings is 2. The zero-order valence-electron chi connectivity index (χ0n) is 14.0. The quantitative estimate of drug-likeness (QED) is 0.824. The molecule has 126 valence electrons. The van der Waals surface area contributed by atoms with E-state index in [4.69, 9.17) is 9.47 Å². The van der Waals surface area contributed by atoms with Gasteiger partial charge in [-0.2, -0.15) is 0 Å². The first-order valence-electron chi connectivity index (χ1n) is 7.81. The fourth-order valence-electron chi connectivity index (χ4n) is 2.09. The summed E-state index contributed by atoms with van der Waals surface area (Å²) in [6, 6.07) is 14.2. The summed E-state index contributed by atoms with van der Waals surface area (Å²) >= 11 is 0. The summed E-state index contributed by atoms with van der Waals surface area (Å²) < 4.78 is 10.6. The molecule has 1 amide bonds. The monoisotopic (exact) mass is 327 g/mol. The van der Waals surface area contributed by atoms with Crippen molar-refractivity contribution in [3.63, 3.8) is 0 Å². The predicted octanol–water partition coefficient (Wildman–Crippen LogP) is 3.58. The summed E-state index contributed by atoms with van der Waals surface area (Å²) in [5.41, 5.74) is 1.81. The standard InChI is InChI=1S/C19H21NO4/c1-4-23-19(22)15-11-10-13(2)17(12-15)20-18(21)14(3)24-16-8-6-5-7-9-16/h5-12,14H,4H2,1-3H3,(H,20,21). The van der Waals surface area contributed by atoms with Crippen LogP contribution in [-0.4, -0.2) is 24.6 Å². The number of para-hydroxylation sites is 1. The minimum atomic E-state index is -0.668. The highest BCUT2D eigenvalue weighted by Crippen LogP contribution is 2.19. The number of carbonyl (C=O) groups excluding carboxylic acids is 2. The van der Waals surface area contributed by atoms with Gasteiger partial charge in [0.2, 0.25) is 0 Å². The summed E-state index contributed by atoms with van der Waals surface area (Å²) in [5, 5.41) is 2.80. The second kappa shape index (κ2) is 8.15. The minimum absolute atomic E-state index is 0.289. The maximum atomic E-state index is 12.3. The highest BCUT2D eigenvalue weighted by atomic mass is 16.5. The number of nitrogens with one attached hydrogen (secondary N) is 1. The summed E-state index contributed by atoms with van der Waals surface area (Å²) in [6.07, 6.45) is -0.668. The van der Waals surface area contributed by atoms with Crippen molar-refractivity contribution >= 4 is 17.6 Å². The molecule has 0 aliphatic heterocycles. The number of hydrogen-bond acceptors (Lipinski definition) is 4. The molecule has 2 aromatic rings. The molecular formula is C19H21NO4. The van der Waals surface area contributed by atoms with Gasteiger partial charge in [0.25, 0.3) is 5.91 Å². The lowest BCUT2D eigenvalue weighted by molar-refractivity contribution is -0.122. The molecule has 0 bridgehead atoms. The molecular weight excluding hydrogens is 306 g/mol. The molecule has 5 nitrogen and oxygen atoms in total. The third kappa shape index (κ3) is 4.59. The first-order valence-corrected chi connectivity index (χ1v) is 7.81. The average Bonchev–Trinajstić information content (AvgIpc) is 2.57. The highest BCUT2D eigenvalue weighted by molar-refractivity contribution is 5.97. The summed E-state index contributed by atoms with van der Waals surface area (Å²) in [7, 11) is 0. The van der Waals surface area contributed by atoms with Crippen molar-refractivity contribution in [1.82, 2.24) is 0 Å². The summed E-state index contributed by atoms with van der Waals surface area (Å²) in [5.74, 6) is -0.0818. The highest BCUT2D eigenvalue weighted by Gasteiger charge is 2.17. The van der Waals surface area contributed by atoms with E-state index in [0.717, 1.165) is 5.56 Å². The lowest BCUT2D eigenvalue weighted by atomic mass is 10.1. The summed E-state index contributed by atoms with van der Waals surface area (Å²) in [6.45, 7) is 5.58. The maximum absolute atomic E-state index is 12.3. The van der Waals surface area contributed by atoms with Gasteiger partial charge in [-0.3, -0.25) is 4.79 Å². The molecule has 0 saturated heterocycles. The lowest BCUT2D eigenvalue weighted by Crippen LogP contribution is -2.30. The molecule has 0 aromatic heterocycles. The van der Waals surface area contributed by atoms with Gasteiger partial charge in [-0.25, -0.2) is 4.79 Å². The fraction of sp³-hybridized carbons (Fsp3) is 0.263. The lowest BCUT2D eigenvalue weighted by Gasteiger charge is -2.16. The summed E-state index contributed by atoms with van der Waals surface area (Å²) in [4.78, 5) is 24.1. The number of aryl methyl sites for hydroxylation is 1. The van der Waals surface area contributed by atoms with E-state index in [1.54, 1.807) is 44.2 Å². The molecule has 2 aromatic carbocycles. The molecule has 1 N–H and O–H groups in total. The van der Waals surface area contributed by atoms with Crippen molar-refractivity contribution in [1.29, 1.82) is 0 Å². The first kappa shape index (κ1) is 17.5. The molecule has 0 fully saturated rings. The smallest absolute Gasteiger partial charge is 0.338 e. The van der Waals surface area contributed by atoms with Gasteiger partial charge >= 0.3 is 5.97 Å². The van der Waals surface area contributed by atoms with E-state index < -0.39 is 12.1 Å². The van der Waals surface area contributed by atoms with Crippen LogP contribution in [0.2, 0.25) is 0 Å². The average molecular weight is 327 g/mol. The molecule has 2 rings (SSSR count). The van der Waals surface area contributed by atoms with E-state index in [9.17, 15) is 9.59 Å². The second-order valence-corrected chi connectivity index (χ2v) is 5.31. The van der Waals surface area contributed by atoms with E-state index in [0.29, 0.717) is 23.6 Å². The van der Waals surface area contributed by atoms with Gasteiger partial charge in [-0.15, -0.1) is 0 Å². The Morgan fingerprint density at radius 1 is 1.12 bits per heavy atom. The number of ether oxygens (including phenoxy) is 2. The van der Waals surface area contributed by atoms with E-state index in [2.05, 4.69) is 5.32 Å². The van der Waals surface area contributed by atoms with Gasteiger partial charge in [-0.05, 0) is 50.6 Å². The van der Waals surface area contributed by atoms with Crippen LogP contribution in [0.3, 0.4) is 0 Å². The normalized spacial score (nSPS) is 11.5. The molecule has 0 heterocycles. The fourth-order valence-corrected chi connectivity index (χ4v) is 2.09. The Bertz CT molecular complexity index is 713. The minimum Gasteiger partial charge on any atom is -0.481 e. The van der Waals surface area contributed by atoms with Crippen LogP contribution in [0.5, 0.6) is 5.75 Å². The largest absolute Gasteiger partial charge is 0.481 e. The molecule has 24 heavy (non-hydrogen) atoms. The van der Waals surface area contributed by atoms with Crippen molar-refractivity contribution in [2.24, 2.45) is 0 Å². The Labute approximate surface area is 141 Å². The van der Waals surface area contributed by atoms with Gasteiger partial charge in [0.1, 0.15) is 5.75 Å². The molecule has 1 atom stereocenters. The van der Waals surface area contributed by atoms with Crippen molar-refractivity contribution < 1.29 is 19.1 Å². The number of esters is 1. The van der Waals surface area contributed by atoms with E-state index in [-0.39, 0.29) is 5.91 Å². The van der Waals surface area contributed by atoms with Crippen LogP contribution in [0.4, 0.5) is 5.69 Å². The number of amides is 1. The molecule has 0 radical (unpaired) electrons. The molecule has 0 aliphatic rings.